The molecule has 0 unspecified atom stereocenters. The van der Waals surface area contributed by atoms with Gasteiger partial charge in [0.25, 0.3) is 5.91 Å². The molecule has 0 aliphatic heterocycles. The Hall–Kier alpha value is -2.43. The lowest BCUT2D eigenvalue weighted by molar-refractivity contribution is 0.0652. The highest BCUT2D eigenvalue weighted by atomic mass is 16.5. The molecule has 1 aliphatic carbocycles. The van der Waals surface area contributed by atoms with Crippen LogP contribution in [0.5, 0.6) is 11.5 Å². The first-order valence-electron chi connectivity index (χ1n) is 7.73. The molecule has 0 saturated heterocycles. The van der Waals surface area contributed by atoms with Crippen molar-refractivity contribution in [2.75, 3.05) is 14.2 Å². The Kier molecular flexibility index (Phi) is 4.28. The lowest BCUT2D eigenvalue weighted by Crippen LogP contribution is -2.35. The molecule has 0 bridgehead atoms. The third kappa shape index (κ3) is 3.04. The molecule has 5 nitrogen and oxygen atoms in total. The van der Waals surface area contributed by atoms with E-state index in [1.54, 1.807) is 38.7 Å². The highest BCUT2D eigenvalue weighted by molar-refractivity contribution is 5.95. The number of benzene rings is 1. The van der Waals surface area contributed by atoms with E-state index in [4.69, 9.17) is 13.9 Å². The molecule has 1 aliphatic rings. The standard InChI is InChI=1S/C18H21NO4/c1-12(15-5-4-10-23-15)19(14-7-8-14)18(20)13-6-9-16(21-2)17(11-13)22-3/h4-6,9-12,14H,7-8H2,1-3H3/t12-/m1/s1. The summed E-state index contributed by atoms with van der Waals surface area (Å²) in [5, 5.41) is 0. The van der Waals surface area contributed by atoms with Gasteiger partial charge in [-0.05, 0) is 50.1 Å². The highest BCUT2D eigenvalue weighted by Crippen LogP contribution is 2.37. The number of hydrogen-bond donors (Lipinski definition) is 0. The molecule has 1 fully saturated rings. The van der Waals surface area contributed by atoms with E-state index in [1.807, 2.05) is 24.0 Å². The topological polar surface area (TPSA) is 51.9 Å². The molecule has 1 atom stereocenters. The second-order valence-corrected chi connectivity index (χ2v) is 5.70. The second-order valence-electron chi connectivity index (χ2n) is 5.70. The van der Waals surface area contributed by atoms with Crippen LogP contribution in [-0.2, 0) is 0 Å². The number of methoxy groups -OCH3 is 2. The number of amides is 1. The van der Waals surface area contributed by atoms with Crippen molar-refractivity contribution in [3.8, 4) is 11.5 Å². The Morgan fingerprint density at radius 2 is 1.96 bits per heavy atom. The molecule has 122 valence electrons. The van der Waals surface area contributed by atoms with E-state index < -0.39 is 0 Å². The van der Waals surface area contributed by atoms with Crippen LogP contribution in [0.4, 0.5) is 0 Å². The van der Waals surface area contributed by atoms with Crippen molar-refractivity contribution in [2.45, 2.75) is 31.8 Å². The van der Waals surface area contributed by atoms with Crippen LogP contribution in [0.2, 0.25) is 0 Å². The average molecular weight is 315 g/mol. The lowest BCUT2D eigenvalue weighted by Gasteiger charge is -2.28. The van der Waals surface area contributed by atoms with Crippen LogP contribution in [0.15, 0.2) is 41.0 Å². The average Bonchev–Trinajstić information content (AvgIpc) is 3.25. The zero-order chi connectivity index (χ0) is 16.4. The molecule has 0 radical (unpaired) electrons. The van der Waals surface area contributed by atoms with Gasteiger partial charge in [-0.15, -0.1) is 0 Å². The first-order valence-corrected chi connectivity index (χ1v) is 7.73. The molecular weight excluding hydrogens is 294 g/mol. The summed E-state index contributed by atoms with van der Waals surface area (Å²) in [5.41, 5.74) is 0.591. The molecule has 1 amide bonds. The fourth-order valence-corrected chi connectivity index (χ4v) is 2.80. The molecule has 1 heterocycles. The van der Waals surface area contributed by atoms with Gasteiger partial charge in [0.2, 0.25) is 0 Å². The molecule has 23 heavy (non-hydrogen) atoms. The van der Waals surface area contributed by atoms with Gasteiger partial charge in [-0.3, -0.25) is 4.79 Å². The lowest BCUT2D eigenvalue weighted by atomic mass is 10.1. The number of furan rings is 1. The third-order valence-corrected chi connectivity index (χ3v) is 4.18. The Labute approximate surface area is 135 Å². The van der Waals surface area contributed by atoms with E-state index in [-0.39, 0.29) is 18.0 Å². The summed E-state index contributed by atoms with van der Waals surface area (Å²) in [7, 11) is 3.14. The minimum atomic E-state index is -0.0990. The largest absolute Gasteiger partial charge is 0.493 e. The van der Waals surface area contributed by atoms with Crippen molar-refractivity contribution < 1.29 is 18.7 Å². The number of rotatable bonds is 6. The van der Waals surface area contributed by atoms with Gasteiger partial charge >= 0.3 is 0 Å². The normalized spacial score (nSPS) is 15.1. The first-order chi connectivity index (χ1) is 11.2. The van der Waals surface area contributed by atoms with Gasteiger partial charge in [0, 0.05) is 11.6 Å². The summed E-state index contributed by atoms with van der Waals surface area (Å²) in [5.74, 6) is 1.95. The summed E-state index contributed by atoms with van der Waals surface area (Å²) in [6.45, 7) is 2.00. The maximum atomic E-state index is 13.0. The van der Waals surface area contributed by atoms with Crippen LogP contribution >= 0.6 is 0 Å². The SMILES string of the molecule is COc1ccc(C(=O)N(C2CC2)[C@H](C)c2ccco2)cc1OC. The van der Waals surface area contributed by atoms with E-state index in [0.717, 1.165) is 18.6 Å². The van der Waals surface area contributed by atoms with Gasteiger partial charge in [-0.25, -0.2) is 0 Å². The predicted molar refractivity (Wildman–Crippen MR) is 85.9 cm³/mol. The Balaban J connectivity index is 1.90. The fraction of sp³-hybridized carbons (Fsp3) is 0.389. The number of hydrogen-bond acceptors (Lipinski definition) is 4. The second kappa shape index (κ2) is 6.36. The summed E-state index contributed by atoms with van der Waals surface area (Å²) in [6, 6.07) is 9.18. The monoisotopic (exact) mass is 315 g/mol. The van der Waals surface area contributed by atoms with E-state index in [9.17, 15) is 4.79 Å². The van der Waals surface area contributed by atoms with Gasteiger partial charge < -0.3 is 18.8 Å². The first kappa shape index (κ1) is 15.5. The van der Waals surface area contributed by atoms with Crippen molar-refractivity contribution in [3.63, 3.8) is 0 Å². The van der Waals surface area contributed by atoms with Crippen LogP contribution < -0.4 is 9.47 Å². The van der Waals surface area contributed by atoms with Crippen molar-refractivity contribution in [1.82, 2.24) is 4.90 Å². The molecule has 3 rings (SSSR count). The molecule has 1 aromatic heterocycles. The van der Waals surface area contributed by atoms with Crippen LogP contribution in [0.1, 0.15) is 41.9 Å². The zero-order valence-electron chi connectivity index (χ0n) is 13.6. The number of ether oxygens (including phenoxy) is 2. The molecule has 5 heteroatoms. The molecule has 0 N–H and O–H groups in total. The highest BCUT2D eigenvalue weighted by Gasteiger charge is 2.37. The van der Waals surface area contributed by atoms with Crippen LogP contribution in [0.3, 0.4) is 0 Å². The third-order valence-electron chi connectivity index (χ3n) is 4.18. The van der Waals surface area contributed by atoms with Crippen LogP contribution in [0.25, 0.3) is 0 Å². The van der Waals surface area contributed by atoms with Gasteiger partial charge in [-0.1, -0.05) is 0 Å². The van der Waals surface area contributed by atoms with Crippen molar-refractivity contribution >= 4 is 5.91 Å². The summed E-state index contributed by atoms with van der Waals surface area (Å²) < 4.78 is 16.0. The quantitative estimate of drug-likeness (QED) is 0.816. The maximum Gasteiger partial charge on any atom is 0.254 e. The molecule has 0 spiro atoms. The van der Waals surface area contributed by atoms with Gasteiger partial charge in [0.1, 0.15) is 5.76 Å². The summed E-state index contributed by atoms with van der Waals surface area (Å²) in [6.07, 6.45) is 3.70. The van der Waals surface area contributed by atoms with Crippen LogP contribution in [0, 0.1) is 0 Å². The van der Waals surface area contributed by atoms with Gasteiger partial charge in [0.05, 0.1) is 26.5 Å². The maximum absolute atomic E-state index is 13.0. The number of carbonyl (C=O) groups excluding carboxylic acids is 1. The minimum Gasteiger partial charge on any atom is -0.493 e. The van der Waals surface area contributed by atoms with Gasteiger partial charge in [-0.2, -0.15) is 0 Å². The number of carbonyl (C=O) groups is 1. The predicted octanol–water partition coefficient (Wildman–Crippen LogP) is 3.66. The smallest absolute Gasteiger partial charge is 0.254 e. The summed E-state index contributed by atoms with van der Waals surface area (Å²) in [4.78, 5) is 14.9. The van der Waals surface area contributed by atoms with Crippen LogP contribution in [-0.4, -0.2) is 31.1 Å². The number of nitrogens with zero attached hydrogens (tertiary/aromatic N) is 1. The van der Waals surface area contributed by atoms with Crippen molar-refractivity contribution in [3.05, 3.63) is 47.9 Å². The molecule has 1 saturated carbocycles. The zero-order valence-corrected chi connectivity index (χ0v) is 13.6. The van der Waals surface area contributed by atoms with E-state index in [1.165, 1.54) is 0 Å². The van der Waals surface area contributed by atoms with E-state index in [2.05, 4.69) is 0 Å². The Morgan fingerprint density at radius 3 is 2.52 bits per heavy atom. The van der Waals surface area contributed by atoms with Crippen molar-refractivity contribution in [1.29, 1.82) is 0 Å². The summed E-state index contributed by atoms with van der Waals surface area (Å²) >= 11 is 0. The minimum absolute atomic E-state index is 0.0163. The molecule has 1 aromatic carbocycles. The molecule has 2 aromatic rings. The molecular formula is C18H21NO4. The van der Waals surface area contributed by atoms with Crippen molar-refractivity contribution in [2.24, 2.45) is 0 Å². The van der Waals surface area contributed by atoms with Gasteiger partial charge in [0.15, 0.2) is 11.5 Å². The Bertz CT molecular complexity index is 676. The Morgan fingerprint density at radius 1 is 1.22 bits per heavy atom. The fourth-order valence-electron chi connectivity index (χ4n) is 2.80. The van der Waals surface area contributed by atoms with E-state index >= 15 is 0 Å². The van der Waals surface area contributed by atoms with E-state index in [0.29, 0.717) is 17.1 Å².